The van der Waals surface area contributed by atoms with Crippen LogP contribution in [0.4, 0.5) is 0 Å². The second kappa shape index (κ2) is 6.33. The van der Waals surface area contributed by atoms with E-state index in [0.29, 0.717) is 10.9 Å². The molecule has 0 aliphatic heterocycles. The summed E-state index contributed by atoms with van der Waals surface area (Å²) in [6.45, 7) is 6.50. The molecule has 128 valence electrons. The number of hydrogen-bond donors (Lipinski definition) is 1. The average molecular weight is 350 g/mol. The molecule has 0 saturated carbocycles. The number of aldehydes is 1. The lowest BCUT2D eigenvalue weighted by molar-refractivity contribution is 0.112. The lowest BCUT2D eigenvalue weighted by Gasteiger charge is -2.43. The van der Waals surface area contributed by atoms with Crippen LogP contribution in [-0.4, -0.2) is 29.5 Å². The largest absolute Gasteiger partial charge is 0.412 e. The fourth-order valence-corrected chi connectivity index (χ4v) is 9.46. The predicted octanol–water partition coefficient (Wildman–Crippen LogP) is 2.20. The van der Waals surface area contributed by atoms with Crippen molar-refractivity contribution in [2.24, 2.45) is 0 Å². The summed E-state index contributed by atoms with van der Waals surface area (Å²) in [6.07, 6.45) is 2.23. The Morgan fingerprint density at radius 3 is 1.84 bits per heavy atom. The Morgan fingerprint density at radius 2 is 1.44 bits per heavy atom. The Hall–Kier alpha value is -2.66. The molecule has 5 heteroatoms. The third kappa shape index (κ3) is 2.61. The molecule has 0 spiro atoms. The molecule has 0 aliphatic carbocycles. The first kappa shape index (κ1) is 17.2. The molecule has 3 rings (SSSR count). The molecule has 3 aromatic rings. The molecule has 0 atom stereocenters. The van der Waals surface area contributed by atoms with E-state index in [-0.39, 0.29) is 5.04 Å². The molecule has 0 aliphatic rings. The lowest BCUT2D eigenvalue weighted by Crippen LogP contribution is -2.74. The fourth-order valence-electron chi connectivity index (χ4n) is 3.84. The van der Waals surface area contributed by atoms with Crippen LogP contribution in [0.5, 0.6) is 0 Å². The van der Waals surface area contributed by atoms with Gasteiger partial charge in [-0.25, -0.2) is 0 Å². The highest BCUT2D eigenvalue weighted by Crippen LogP contribution is 2.36. The van der Waals surface area contributed by atoms with Gasteiger partial charge in [-0.1, -0.05) is 81.4 Å². The van der Waals surface area contributed by atoms with Crippen molar-refractivity contribution in [3.8, 4) is 0 Å². The molecule has 0 saturated heterocycles. The van der Waals surface area contributed by atoms with Gasteiger partial charge in [0.2, 0.25) is 0 Å². The van der Waals surface area contributed by atoms with Crippen LogP contribution in [-0.2, 0) is 0 Å². The van der Waals surface area contributed by atoms with Crippen molar-refractivity contribution < 1.29 is 10.0 Å². The maximum Gasteiger partial charge on any atom is 0.182 e. The van der Waals surface area contributed by atoms with Crippen LogP contribution in [0.25, 0.3) is 0 Å². The second-order valence-corrected chi connectivity index (χ2v) is 11.8. The van der Waals surface area contributed by atoms with Crippen LogP contribution in [0.1, 0.15) is 31.1 Å². The molecule has 0 radical (unpaired) electrons. The zero-order valence-electron chi connectivity index (χ0n) is 14.7. The minimum absolute atomic E-state index is 0.214. The first-order valence-electron chi connectivity index (χ1n) is 8.27. The summed E-state index contributed by atoms with van der Waals surface area (Å²) < 4.78 is 0. The van der Waals surface area contributed by atoms with Crippen molar-refractivity contribution in [2.45, 2.75) is 25.8 Å². The number of aromatic nitrogens is 2. The molecule has 4 nitrogen and oxygen atoms in total. The van der Waals surface area contributed by atoms with Crippen molar-refractivity contribution >= 4 is 30.1 Å². The van der Waals surface area contributed by atoms with Crippen LogP contribution >= 0.6 is 0 Å². The number of rotatable bonds is 4. The first-order valence-corrected chi connectivity index (χ1v) is 10.3. The minimum Gasteiger partial charge on any atom is -0.412 e. The maximum atomic E-state index is 11.7. The predicted molar refractivity (Wildman–Crippen MR) is 102 cm³/mol. The van der Waals surface area contributed by atoms with Crippen LogP contribution in [0.15, 0.2) is 66.9 Å². The average Bonchev–Trinajstić information content (AvgIpc) is 2.98. The minimum atomic E-state index is -2.76. The Balaban J connectivity index is 2.51. The third-order valence-corrected chi connectivity index (χ3v) is 10.6. The highest BCUT2D eigenvalue weighted by molar-refractivity contribution is 7.13. The van der Waals surface area contributed by atoms with E-state index < -0.39 is 8.07 Å². The monoisotopic (exact) mass is 350 g/mol. The van der Waals surface area contributed by atoms with E-state index >= 15 is 0 Å². The van der Waals surface area contributed by atoms with Gasteiger partial charge in [0.15, 0.2) is 14.4 Å². The van der Waals surface area contributed by atoms with Crippen molar-refractivity contribution in [3.63, 3.8) is 0 Å². The Bertz CT molecular complexity index is 828. The molecular formula is C20H22N2O2Si. The van der Waals surface area contributed by atoms with Crippen molar-refractivity contribution in [3.05, 3.63) is 72.4 Å². The van der Waals surface area contributed by atoms with Gasteiger partial charge in [0.05, 0.1) is 17.1 Å². The van der Waals surface area contributed by atoms with Gasteiger partial charge in [-0.15, -0.1) is 9.94 Å². The highest BCUT2D eigenvalue weighted by atomic mass is 28.3. The van der Waals surface area contributed by atoms with E-state index in [4.69, 9.17) is 0 Å². The molecule has 25 heavy (non-hydrogen) atoms. The Kier molecular flexibility index (Phi) is 4.35. The third-order valence-electron chi connectivity index (χ3n) is 4.80. The zero-order valence-corrected chi connectivity index (χ0v) is 15.7. The molecule has 1 heterocycles. The summed E-state index contributed by atoms with van der Waals surface area (Å²) >= 11 is 0. The van der Waals surface area contributed by atoms with Gasteiger partial charge >= 0.3 is 0 Å². The first-order chi connectivity index (χ1) is 11.9. The van der Waals surface area contributed by atoms with Gasteiger partial charge in [0, 0.05) is 0 Å². The Morgan fingerprint density at radius 1 is 0.960 bits per heavy atom. The number of carbonyl (C=O) groups is 1. The van der Waals surface area contributed by atoms with E-state index in [2.05, 4.69) is 50.1 Å². The molecule has 0 bridgehead atoms. The summed E-state index contributed by atoms with van der Waals surface area (Å²) in [4.78, 5) is 12.6. The van der Waals surface area contributed by atoms with Gasteiger partial charge in [0.1, 0.15) is 0 Å². The molecular weight excluding hydrogens is 328 g/mol. The van der Waals surface area contributed by atoms with Crippen molar-refractivity contribution in [1.29, 1.82) is 0 Å². The number of carbonyl (C=O) groups excluding carboxylic acids is 1. The molecule has 2 aromatic carbocycles. The van der Waals surface area contributed by atoms with Gasteiger partial charge in [-0.3, -0.25) is 4.79 Å². The van der Waals surface area contributed by atoms with E-state index in [1.807, 2.05) is 36.4 Å². The number of nitrogens with zero attached hydrogens (tertiary/aromatic N) is 2. The van der Waals surface area contributed by atoms with E-state index in [0.717, 1.165) is 21.5 Å². The van der Waals surface area contributed by atoms with Crippen LogP contribution in [0.2, 0.25) is 5.04 Å². The summed E-state index contributed by atoms with van der Waals surface area (Å²) in [6, 6.07) is 20.3. The SMILES string of the molecule is CC(C)(C)[Si](c1ccccc1)(c1ccccc1)c1c(C=O)cnn1O. The van der Waals surface area contributed by atoms with Gasteiger partial charge in [-0.05, 0) is 15.4 Å². The van der Waals surface area contributed by atoms with Crippen LogP contribution in [0, 0.1) is 0 Å². The van der Waals surface area contributed by atoms with Crippen LogP contribution < -0.4 is 15.7 Å². The maximum absolute atomic E-state index is 11.7. The van der Waals surface area contributed by atoms with Gasteiger partial charge in [-0.2, -0.15) is 0 Å². The van der Waals surface area contributed by atoms with Crippen LogP contribution in [0.3, 0.4) is 0 Å². The van der Waals surface area contributed by atoms with E-state index in [9.17, 15) is 10.0 Å². The normalized spacial score (nSPS) is 12.1. The summed E-state index contributed by atoms with van der Waals surface area (Å²) in [5.41, 5.74) is 0.441. The second-order valence-electron chi connectivity index (χ2n) is 7.19. The van der Waals surface area contributed by atoms with E-state index in [1.165, 1.54) is 6.20 Å². The molecule has 0 fully saturated rings. The lowest BCUT2D eigenvalue weighted by atomic mass is 10.2. The van der Waals surface area contributed by atoms with Crippen molar-refractivity contribution in [1.82, 2.24) is 9.94 Å². The number of benzene rings is 2. The quantitative estimate of drug-likeness (QED) is 0.446. The molecule has 1 aromatic heterocycles. The topological polar surface area (TPSA) is 55.1 Å². The van der Waals surface area contributed by atoms with Gasteiger partial charge in [0.25, 0.3) is 0 Å². The highest BCUT2D eigenvalue weighted by Gasteiger charge is 2.53. The van der Waals surface area contributed by atoms with Gasteiger partial charge < -0.3 is 5.21 Å². The molecule has 1 N–H and O–H groups in total. The zero-order chi connectivity index (χ0) is 18.1. The molecule has 0 unspecified atom stereocenters. The fraction of sp³-hybridized carbons (Fsp3) is 0.200. The summed E-state index contributed by atoms with van der Waals surface area (Å²) in [7, 11) is -2.76. The standard InChI is InChI=1S/C20H22N2O2Si/c1-20(2,3)25(17-10-6-4-7-11-17,18-12-8-5-9-13-18)19-16(15-23)14-21-22(19)24/h4-15,24H,1-3H3. The van der Waals surface area contributed by atoms with Crippen molar-refractivity contribution in [2.75, 3.05) is 0 Å². The Labute approximate surface area is 148 Å². The number of hydrogen-bond acceptors (Lipinski definition) is 3. The summed E-state index contributed by atoms with van der Waals surface area (Å²) in [5.74, 6) is 0. The summed E-state index contributed by atoms with van der Waals surface area (Å²) in [5, 5.41) is 17.2. The molecule has 0 amide bonds. The van der Waals surface area contributed by atoms with E-state index in [1.54, 1.807) is 0 Å². The smallest absolute Gasteiger partial charge is 0.182 e.